The molecule has 0 radical (unpaired) electrons. The predicted molar refractivity (Wildman–Crippen MR) is 111 cm³/mol. The molecule has 2 amide bonds. The molecule has 26 heavy (non-hydrogen) atoms. The number of anilines is 2. The third-order valence-electron chi connectivity index (χ3n) is 3.44. The van der Waals surface area contributed by atoms with Crippen LogP contribution in [0.4, 0.5) is 11.4 Å². The summed E-state index contributed by atoms with van der Waals surface area (Å²) >= 11 is 13.5. The molecule has 0 fully saturated rings. The molecule has 7 heteroatoms. The van der Waals surface area contributed by atoms with Crippen LogP contribution in [0, 0.1) is 5.92 Å². The van der Waals surface area contributed by atoms with Gasteiger partial charge in [-0.2, -0.15) is 0 Å². The smallest absolute Gasteiger partial charge is 0.234 e. The quantitative estimate of drug-likeness (QED) is 0.636. The fourth-order valence-corrected chi connectivity index (χ4v) is 3.44. The van der Waals surface area contributed by atoms with Crippen LogP contribution in [0.2, 0.25) is 10.0 Å². The summed E-state index contributed by atoms with van der Waals surface area (Å²) in [6, 6.07) is 12.4. The predicted octanol–water partition coefficient (Wildman–Crippen LogP) is 5.46. The molecule has 2 N–H and O–H groups in total. The van der Waals surface area contributed by atoms with Crippen molar-refractivity contribution in [1.29, 1.82) is 0 Å². The van der Waals surface area contributed by atoms with Crippen molar-refractivity contribution >= 4 is 58.2 Å². The van der Waals surface area contributed by atoms with E-state index in [1.165, 1.54) is 11.8 Å². The highest BCUT2D eigenvalue weighted by molar-refractivity contribution is 7.99. The highest BCUT2D eigenvalue weighted by Gasteiger charge is 2.09. The lowest BCUT2D eigenvalue weighted by Gasteiger charge is -2.10. The number of benzene rings is 2. The molecule has 0 spiro atoms. The number of rotatable bonds is 7. The van der Waals surface area contributed by atoms with E-state index in [4.69, 9.17) is 23.2 Å². The van der Waals surface area contributed by atoms with Crippen molar-refractivity contribution in [2.45, 2.75) is 19.6 Å². The van der Waals surface area contributed by atoms with E-state index >= 15 is 0 Å². The Morgan fingerprint density at radius 3 is 2.38 bits per heavy atom. The highest BCUT2D eigenvalue weighted by atomic mass is 35.5. The van der Waals surface area contributed by atoms with E-state index in [2.05, 4.69) is 10.6 Å². The maximum atomic E-state index is 12.1. The molecule has 0 saturated carbocycles. The summed E-state index contributed by atoms with van der Waals surface area (Å²) in [7, 11) is 0. The van der Waals surface area contributed by atoms with Gasteiger partial charge in [0.2, 0.25) is 11.8 Å². The minimum atomic E-state index is -0.118. The molecule has 138 valence electrons. The van der Waals surface area contributed by atoms with Gasteiger partial charge in [0, 0.05) is 33.1 Å². The van der Waals surface area contributed by atoms with Crippen LogP contribution >= 0.6 is 35.0 Å². The van der Waals surface area contributed by atoms with Gasteiger partial charge in [-0.3, -0.25) is 9.59 Å². The SMILES string of the molecule is CC(C)C(=O)Nc1cccc(NC(=O)CSCc2ccc(Cl)cc2Cl)c1. The summed E-state index contributed by atoms with van der Waals surface area (Å²) < 4.78 is 0. The van der Waals surface area contributed by atoms with Gasteiger partial charge in [-0.25, -0.2) is 0 Å². The van der Waals surface area contributed by atoms with Crippen LogP contribution in [0.3, 0.4) is 0 Å². The Bertz CT molecular complexity index is 797. The van der Waals surface area contributed by atoms with Gasteiger partial charge in [-0.15, -0.1) is 11.8 Å². The molecule has 0 aliphatic heterocycles. The highest BCUT2D eigenvalue weighted by Crippen LogP contribution is 2.25. The molecule has 0 unspecified atom stereocenters. The van der Waals surface area contributed by atoms with Crippen molar-refractivity contribution in [2.24, 2.45) is 5.92 Å². The number of carbonyl (C=O) groups excluding carboxylic acids is 2. The number of halogens is 2. The fraction of sp³-hybridized carbons (Fsp3) is 0.263. The zero-order valence-electron chi connectivity index (χ0n) is 14.5. The summed E-state index contributed by atoms with van der Waals surface area (Å²) in [5.41, 5.74) is 2.23. The monoisotopic (exact) mass is 410 g/mol. The Labute approximate surface area is 167 Å². The molecule has 0 aliphatic rings. The maximum absolute atomic E-state index is 12.1. The molecule has 0 atom stereocenters. The van der Waals surface area contributed by atoms with Crippen molar-refractivity contribution in [3.63, 3.8) is 0 Å². The van der Waals surface area contributed by atoms with Crippen molar-refractivity contribution in [2.75, 3.05) is 16.4 Å². The first kappa shape index (κ1) is 20.6. The Morgan fingerprint density at radius 1 is 1.04 bits per heavy atom. The molecular weight excluding hydrogens is 391 g/mol. The second kappa shape index (κ2) is 9.86. The maximum Gasteiger partial charge on any atom is 0.234 e. The summed E-state index contributed by atoms with van der Waals surface area (Å²) in [6.07, 6.45) is 0. The zero-order chi connectivity index (χ0) is 19.1. The van der Waals surface area contributed by atoms with Crippen molar-refractivity contribution in [1.82, 2.24) is 0 Å². The Hall–Kier alpha value is -1.69. The first-order valence-electron chi connectivity index (χ1n) is 8.07. The number of nitrogens with one attached hydrogen (secondary N) is 2. The van der Waals surface area contributed by atoms with Gasteiger partial charge in [-0.1, -0.05) is 49.2 Å². The Kier molecular flexibility index (Phi) is 7.82. The van der Waals surface area contributed by atoms with Gasteiger partial charge < -0.3 is 10.6 Å². The van der Waals surface area contributed by atoms with Crippen molar-refractivity contribution in [3.8, 4) is 0 Å². The minimum absolute atomic E-state index is 0.0659. The average Bonchev–Trinajstić information content (AvgIpc) is 2.57. The van der Waals surface area contributed by atoms with E-state index in [1.54, 1.807) is 36.4 Å². The van der Waals surface area contributed by atoms with Crippen LogP contribution in [0.25, 0.3) is 0 Å². The Balaban J connectivity index is 1.84. The number of hydrogen-bond acceptors (Lipinski definition) is 3. The largest absolute Gasteiger partial charge is 0.326 e. The average molecular weight is 411 g/mol. The lowest BCUT2D eigenvalue weighted by atomic mass is 10.2. The second-order valence-electron chi connectivity index (χ2n) is 6.00. The molecule has 2 rings (SSSR count). The molecule has 0 saturated heterocycles. The molecule has 4 nitrogen and oxygen atoms in total. The van der Waals surface area contributed by atoms with E-state index in [1.807, 2.05) is 19.9 Å². The van der Waals surface area contributed by atoms with Gasteiger partial charge in [0.15, 0.2) is 0 Å². The first-order valence-corrected chi connectivity index (χ1v) is 9.98. The standard InChI is InChI=1S/C19H20Cl2N2O2S/c1-12(2)19(25)23-16-5-3-4-15(9-16)22-18(24)11-26-10-13-6-7-14(20)8-17(13)21/h3-9,12H,10-11H2,1-2H3,(H,22,24)(H,23,25). The summed E-state index contributed by atoms with van der Waals surface area (Å²) in [5.74, 6) is 0.621. The van der Waals surface area contributed by atoms with Crippen LogP contribution in [0.1, 0.15) is 19.4 Å². The molecule has 2 aromatic rings. The molecule has 0 bridgehead atoms. The Morgan fingerprint density at radius 2 is 1.73 bits per heavy atom. The number of carbonyl (C=O) groups is 2. The van der Waals surface area contributed by atoms with Gasteiger partial charge in [0.1, 0.15) is 0 Å². The summed E-state index contributed by atoms with van der Waals surface area (Å²) in [4.78, 5) is 23.9. The van der Waals surface area contributed by atoms with Crippen LogP contribution in [0.15, 0.2) is 42.5 Å². The third kappa shape index (κ3) is 6.56. The van der Waals surface area contributed by atoms with E-state index in [0.29, 0.717) is 32.9 Å². The zero-order valence-corrected chi connectivity index (χ0v) is 16.8. The molecule has 2 aromatic carbocycles. The molecular formula is C19H20Cl2N2O2S. The number of thioether (sulfide) groups is 1. The van der Waals surface area contributed by atoms with Gasteiger partial charge in [0.25, 0.3) is 0 Å². The van der Waals surface area contributed by atoms with Gasteiger partial charge in [0.05, 0.1) is 5.75 Å². The van der Waals surface area contributed by atoms with Crippen LogP contribution in [-0.4, -0.2) is 17.6 Å². The molecule has 0 aromatic heterocycles. The van der Waals surface area contributed by atoms with Crippen molar-refractivity contribution < 1.29 is 9.59 Å². The second-order valence-corrected chi connectivity index (χ2v) is 7.83. The van der Waals surface area contributed by atoms with E-state index in [9.17, 15) is 9.59 Å². The summed E-state index contributed by atoms with van der Waals surface area (Å²) in [5, 5.41) is 6.82. The number of hydrogen-bond donors (Lipinski definition) is 2. The third-order valence-corrected chi connectivity index (χ3v) is 5.01. The lowest BCUT2D eigenvalue weighted by Crippen LogP contribution is -2.18. The molecule has 0 aliphatic carbocycles. The number of amides is 2. The lowest BCUT2D eigenvalue weighted by molar-refractivity contribution is -0.119. The van der Waals surface area contributed by atoms with E-state index in [-0.39, 0.29) is 17.7 Å². The van der Waals surface area contributed by atoms with Crippen LogP contribution < -0.4 is 10.6 Å². The summed E-state index contributed by atoms with van der Waals surface area (Å²) in [6.45, 7) is 3.65. The minimum Gasteiger partial charge on any atom is -0.326 e. The first-order chi connectivity index (χ1) is 12.3. The topological polar surface area (TPSA) is 58.2 Å². The van der Waals surface area contributed by atoms with Crippen molar-refractivity contribution in [3.05, 3.63) is 58.1 Å². The van der Waals surface area contributed by atoms with Gasteiger partial charge in [-0.05, 0) is 35.9 Å². The van der Waals surface area contributed by atoms with Crippen LogP contribution in [-0.2, 0) is 15.3 Å². The van der Waals surface area contributed by atoms with Crippen LogP contribution in [0.5, 0.6) is 0 Å². The van der Waals surface area contributed by atoms with E-state index in [0.717, 1.165) is 5.56 Å². The fourth-order valence-electron chi connectivity index (χ4n) is 2.05. The van der Waals surface area contributed by atoms with Gasteiger partial charge >= 0.3 is 0 Å². The molecule has 0 heterocycles. The normalized spacial score (nSPS) is 10.7. The van der Waals surface area contributed by atoms with E-state index < -0.39 is 0 Å².